The number of anilines is 1. The molecule has 1 aliphatic heterocycles. The minimum absolute atomic E-state index is 0.216. The van der Waals surface area contributed by atoms with Gasteiger partial charge < -0.3 is 9.64 Å². The molecule has 28 heavy (non-hydrogen) atoms. The largest absolute Gasteiger partial charge is 0.484 e. The molecule has 144 valence electrons. The summed E-state index contributed by atoms with van der Waals surface area (Å²) in [6, 6.07) is 16.8. The highest BCUT2D eigenvalue weighted by Gasteiger charge is 2.33. The lowest BCUT2D eigenvalue weighted by molar-refractivity contribution is -0.134. The van der Waals surface area contributed by atoms with E-state index in [2.05, 4.69) is 5.43 Å². The summed E-state index contributed by atoms with van der Waals surface area (Å²) in [6.45, 7) is -0.216. The third kappa shape index (κ3) is 4.90. The summed E-state index contributed by atoms with van der Waals surface area (Å²) in [7, 11) is 3.93. The van der Waals surface area contributed by atoms with Gasteiger partial charge in [-0.25, -0.2) is 0 Å². The number of para-hydroxylation sites is 1. The Morgan fingerprint density at radius 2 is 1.86 bits per heavy atom. The van der Waals surface area contributed by atoms with Crippen LogP contribution in [-0.2, 0) is 9.59 Å². The third-order valence-electron chi connectivity index (χ3n) is 3.85. The molecule has 0 radical (unpaired) electrons. The van der Waals surface area contributed by atoms with Gasteiger partial charge in [-0.1, -0.05) is 42.1 Å². The number of nitrogens with zero attached hydrogens (tertiary/aromatic N) is 2. The number of hydrogen-bond acceptors (Lipinski definition) is 6. The second-order valence-corrected chi connectivity index (χ2v) is 7.82. The minimum atomic E-state index is -0.461. The number of rotatable bonds is 6. The molecule has 2 aromatic rings. The monoisotopic (exact) mass is 413 g/mol. The lowest BCUT2D eigenvalue weighted by Crippen LogP contribution is -2.46. The van der Waals surface area contributed by atoms with E-state index in [0.717, 1.165) is 28.0 Å². The lowest BCUT2D eigenvalue weighted by Gasteiger charge is -2.15. The van der Waals surface area contributed by atoms with Gasteiger partial charge in [0.05, 0.1) is 4.91 Å². The van der Waals surface area contributed by atoms with Crippen LogP contribution in [0.25, 0.3) is 6.08 Å². The van der Waals surface area contributed by atoms with E-state index in [1.54, 1.807) is 18.2 Å². The van der Waals surface area contributed by atoms with E-state index < -0.39 is 5.91 Å². The third-order valence-corrected chi connectivity index (χ3v) is 5.15. The van der Waals surface area contributed by atoms with Crippen molar-refractivity contribution in [2.75, 3.05) is 25.6 Å². The van der Waals surface area contributed by atoms with Crippen LogP contribution in [0.5, 0.6) is 5.75 Å². The molecule has 0 bridgehead atoms. The summed E-state index contributed by atoms with van der Waals surface area (Å²) in [5.74, 6) is -0.249. The minimum Gasteiger partial charge on any atom is -0.484 e. The summed E-state index contributed by atoms with van der Waals surface area (Å²) < 4.78 is 5.66. The molecule has 6 nitrogen and oxygen atoms in total. The quantitative estimate of drug-likeness (QED) is 0.580. The molecule has 0 aromatic heterocycles. The average Bonchev–Trinajstić information content (AvgIpc) is 2.95. The van der Waals surface area contributed by atoms with Gasteiger partial charge in [0.2, 0.25) is 0 Å². The van der Waals surface area contributed by atoms with E-state index in [4.69, 9.17) is 17.0 Å². The number of hydrogen-bond donors (Lipinski definition) is 1. The second kappa shape index (κ2) is 8.90. The SMILES string of the molecule is CN(C)c1ccc(C=C2SC(=S)N(NC(=O)COc3ccccc3)C2=O)cc1. The van der Waals surface area contributed by atoms with Crippen LogP contribution in [0.15, 0.2) is 59.5 Å². The summed E-state index contributed by atoms with van der Waals surface area (Å²) >= 11 is 6.37. The van der Waals surface area contributed by atoms with E-state index in [1.165, 1.54) is 0 Å². The van der Waals surface area contributed by atoms with Crippen molar-refractivity contribution in [2.45, 2.75) is 0 Å². The summed E-state index contributed by atoms with van der Waals surface area (Å²) in [5.41, 5.74) is 4.44. The average molecular weight is 414 g/mol. The molecule has 8 heteroatoms. The normalized spacial score (nSPS) is 15.1. The maximum absolute atomic E-state index is 12.6. The molecule has 0 atom stereocenters. The topological polar surface area (TPSA) is 61.9 Å². The Labute approximate surface area is 173 Å². The van der Waals surface area contributed by atoms with Gasteiger partial charge in [-0.15, -0.1) is 0 Å². The van der Waals surface area contributed by atoms with Crippen LogP contribution >= 0.6 is 24.0 Å². The van der Waals surface area contributed by atoms with Crippen LogP contribution in [0.3, 0.4) is 0 Å². The van der Waals surface area contributed by atoms with Crippen molar-refractivity contribution in [2.24, 2.45) is 0 Å². The maximum atomic E-state index is 12.6. The first-order valence-corrected chi connectivity index (χ1v) is 9.69. The van der Waals surface area contributed by atoms with Crippen molar-refractivity contribution < 1.29 is 14.3 Å². The Morgan fingerprint density at radius 1 is 1.18 bits per heavy atom. The van der Waals surface area contributed by atoms with E-state index in [9.17, 15) is 9.59 Å². The van der Waals surface area contributed by atoms with Crippen molar-refractivity contribution >= 4 is 51.9 Å². The molecular formula is C20H19N3O3S2. The Morgan fingerprint density at radius 3 is 2.50 bits per heavy atom. The van der Waals surface area contributed by atoms with Crippen molar-refractivity contribution in [3.8, 4) is 5.75 Å². The Balaban J connectivity index is 1.61. The Kier molecular flexibility index (Phi) is 6.33. The number of thioether (sulfide) groups is 1. The fraction of sp³-hybridized carbons (Fsp3) is 0.150. The number of thiocarbonyl (C=S) groups is 1. The summed E-state index contributed by atoms with van der Waals surface area (Å²) in [6.07, 6.45) is 1.76. The zero-order valence-electron chi connectivity index (χ0n) is 15.4. The van der Waals surface area contributed by atoms with Gasteiger partial charge in [0.25, 0.3) is 11.8 Å². The van der Waals surface area contributed by atoms with Crippen LogP contribution < -0.4 is 15.1 Å². The number of ether oxygens (including phenoxy) is 1. The van der Waals surface area contributed by atoms with E-state index in [-0.39, 0.29) is 16.8 Å². The van der Waals surface area contributed by atoms with Crippen molar-refractivity contribution in [1.82, 2.24) is 10.4 Å². The molecule has 2 aromatic carbocycles. The highest BCUT2D eigenvalue weighted by atomic mass is 32.2. The van der Waals surface area contributed by atoms with Gasteiger partial charge >= 0.3 is 0 Å². The molecule has 0 unspecified atom stereocenters. The Hall–Kier alpha value is -2.84. The van der Waals surface area contributed by atoms with Crippen LogP contribution in [-0.4, -0.2) is 41.8 Å². The van der Waals surface area contributed by atoms with Gasteiger partial charge in [0, 0.05) is 19.8 Å². The molecule has 0 spiro atoms. The lowest BCUT2D eigenvalue weighted by atomic mass is 10.2. The van der Waals surface area contributed by atoms with Gasteiger partial charge in [0.1, 0.15) is 5.75 Å². The van der Waals surface area contributed by atoms with Crippen molar-refractivity contribution in [3.63, 3.8) is 0 Å². The predicted octanol–water partition coefficient (Wildman–Crippen LogP) is 3.06. The molecule has 1 saturated heterocycles. The maximum Gasteiger partial charge on any atom is 0.285 e. The van der Waals surface area contributed by atoms with E-state index in [0.29, 0.717) is 10.7 Å². The number of nitrogens with one attached hydrogen (secondary N) is 1. The van der Waals surface area contributed by atoms with Crippen LogP contribution in [0.1, 0.15) is 5.56 Å². The Bertz CT molecular complexity index is 912. The van der Waals surface area contributed by atoms with Gasteiger partial charge in [0.15, 0.2) is 10.9 Å². The highest BCUT2D eigenvalue weighted by molar-refractivity contribution is 8.26. The van der Waals surface area contributed by atoms with Crippen molar-refractivity contribution in [3.05, 3.63) is 65.1 Å². The molecule has 1 aliphatic rings. The first-order chi connectivity index (χ1) is 13.4. The smallest absolute Gasteiger partial charge is 0.285 e. The molecule has 1 N–H and O–H groups in total. The molecular weight excluding hydrogens is 394 g/mol. The zero-order valence-corrected chi connectivity index (χ0v) is 17.0. The fourth-order valence-corrected chi connectivity index (χ4v) is 3.59. The first-order valence-electron chi connectivity index (χ1n) is 8.47. The number of amides is 2. The first kappa shape index (κ1) is 19.9. The molecule has 0 aliphatic carbocycles. The molecule has 1 fully saturated rings. The van der Waals surface area contributed by atoms with Gasteiger partial charge in [-0.05, 0) is 48.1 Å². The number of carbonyl (C=O) groups is 2. The standard InChI is InChI=1S/C20H19N3O3S2/c1-22(2)15-10-8-14(9-11-15)12-17-19(25)23(20(27)28-17)21-18(24)13-26-16-6-4-3-5-7-16/h3-12H,13H2,1-2H3,(H,21,24). The van der Waals surface area contributed by atoms with Gasteiger partial charge in [-0.2, -0.15) is 5.01 Å². The number of hydrazine groups is 1. The molecule has 2 amide bonds. The molecule has 3 rings (SSSR count). The van der Waals surface area contributed by atoms with Crippen LogP contribution in [0.4, 0.5) is 5.69 Å². The highest BCUT2D eigenvalue weighted by Crippen LogP contribution is 2.31. The summed E-state index contributed by atoms with van der Waals surface area (Å²) in [5, 5.41) is 1.08. The van der Waals surface area contributed by atoms with Gasteiger partial charge in [-0.3, -0.25) is 15.0 Å². The number of benzene rings is 2. The molecule has 1 heterocycles. The van der Waals surface area contributed by atoms with Crippen LogP contribution in [0, 0.1) is 0 Å². The van der Waals surface area contributed by atoms with Crippen LogP contribution in [0.2, 0.25) is 0 Å². The predicted molar refractivity (Wildman–Crippen MR) is 116 cm³/mol. The van der Waals surface area contributed by atoms with E-state index in [1.807, 2.05) is 61.5 Å². The fourth-order valence-electron chi connectivity index (χ4n) is 2.41. The number of carbonyl (C=O) groups excluding carboxylic acids is 2. The zero-order chi connectivity index (χ0) is 20.1. The van der Waals surface area contributed by atoms with Crippen molar-refractivity contribution in [1.29, 1.82) is 0 Å². The second-order valence-electron chi connectivity index (χ2n) is 6.14. The van der Waals surface area contributed by atoms with E-state index >= 15 is 0 Å². The molecule has 0 saturated carbocycles. The summed E-state index contributed by atoms with van der Waals surface area (Å²) in [4.78, 5) is 27.1.